The van der Waals surface area contributed by atoms with Crippen molar-refractivity contribution in [2.75, 3.05) is 5.32 Å². The van der Waals surface area contributed by atoms with Gasteiger partial charge >= 0.3 is 11.1 Å². The number of aromatic amines is 2. The summed E-state index contributed by atoms with van der Waals surface area (Å²) < 4.78 is 0. The average Bonchev–Trinajstić information content (AvgIpc) is 2.54. The average molecular weight is 394 g/mol. The number of anilines is 1. The van der Waals surface area contributed by atoms with Crippen LogP contribution >= 0.6 is 17.0 Å². The molecule has 3 N–H and O–H groups in total. The highest BCUT2D eigenvalue weighted by Gasteiger charge is 2.13. The van der Waals surface area contributed by atoms with Gasteiger partial charge in [-0.05, 0) is 12.1 Å². The van der Waals surface area contributed by atoms with E-state index < -0.39 is 16.0 Å². The Labute approximate surface area is 144 Å². The molecular formula is C14H12BrN5O4. The van der Waals surface area contributed by atoms with Crippen LogP contribution in [0.4, 0.5) is 11.4 Å². The topological polar surface area (TPSA) is 134 Å². The van der Waals surface area contributed by atoms with Crippen molar-refractivity contribution in [2.24, 2.45) is 0 Å². The first-order valence-corrected chi connectivity index (χ1v) is 6.62. The quantitative estimate of drug-likeness (QED) is 0.350. The van der Waals surface area contributed by atoms with Crippen LogP contribution < -0.4 is 16.4 Å². The van der Waals surface area contributed by atoms with Gasteiger partial charge in [-0.25, -0.2) is 0 Å². The number of non-ortho nitro benzene ring substituents is 1. The Morgan fingerprint density at radius 1 is 1.21 bits per heavy atom. The van der Waals surface area contributed by atoms with Crippen LogP contribution in [0.1, 0.15) is 5.56 Å². The van der Waals surface area contributed by atoms with Gasteiger partial charge in [0.05, 0.1) is 21.6 Å². The summed E-state index contributed by atoms with van der Waals surface area (Å²) in [5.74, 6) is 0. The second-order valence-corrected chi connectivity index (χ2v) is 4.79. The van der Waals surface area contributed by atoms with Crippen molar-refractivity contribution in [3.63, 3.8) is 0 Å². The number of halogens is 1. The summed E-state index contributed by atoms with van der Waals surface area (Å²) in [4.78, 5) is 42.2. The van der Waals surface area contributed by atoms with E-state index in [0.717, 1.165) is 5.69 Å². The molecule has 0 atom stereocenters. The predicted molar refractivity (Wildman–Crippen MR) is 93.7 cm³/mol. The van der Waals surface area contributed by atoms with Crippen molar-refractivity contribution in [1.82, 2.24) is 15.0 Å². The Bertz CT molecular complexity index is 999. The lowest BCUT2D eigenvalue weighted by molar-refractivity contribution is -0.384. The van der Waals surface area contributed by atoms with E-state index in [1.165, 1.54) is 12.1 Å². The summed E-state index contributed by atoms with van der Waals surface area (Å²) in [6.07, 6.45) is 3.22. The highest BCUT2D eigenvalue weighted by atomic mass is 79.9. The molecule has 0 bridgehead atoms. The number of benzene rings is 1. The number of nitrogens with one attached hydrogen (secondary N) is 3. The van der Waals surface area contributed by atoms with Crippen molar-refractivity contribution in [3.8, 4) is 0 Å². The number of hydrogen-bond acceptors (Lipinski definition) is 6. The van der Waals surface area contributed by atoms with Crippen LogP contribution in [0, 0.1) is 10.1 Å². The standard InChI is InChI=1S/C14H11N5O4.BrH/c20-13-14(21)18-12-8(6-16-9-2-1-3-15-7-9)4-10(19(22)23)5-11(12)17-13;/h1-5,7,16H,6H2,(H,17,20)(H,18,21);1H. The van der Waals surface area contributed by atoms with E-state index in [0.29, 0.717) is 11.1 Å². The van der Waals surface area contributed by atoms with Crippen LogP contribution in [-0.4, -0.2) is 19.9 Å². The van der Waals surface area contributed by atoms with E-state index in [1.54, 1.807) is 24.5 Å². The molecule has 0 spiro atoms. The number of rotatable bonds is 4. The number of nitrogens with zero attached hydrogens (tertiary/aromatic N) is 2. The molecule has 2 heterocycles. The van der Waals surface area contributed by atoms with E-state index in [1.807, 2.05) is 0 Å². The highest BCUT2D eigenvalue weighted by Crippen LogP contribution is 2.22. The summed E-state index contributed by atoms with van der Waals surface area (Å²) in [5, 5.41) is 14.1. The van der Waals surface area contributed by atoms with Crippen molar-refractivity contribution < 1.29 is 4.92 Å². The van der Waals surface area contributed by atoms with Crippen molar-refractivity contribution in [2.45, 2.75) is 6.54 Å². The lowest BCUT2D eigenvalue weighted by atomic mass is 10.1. The first-order chi connectivity index (χ1) is 11.0. The zero-order chi connectivity index (χ0) is 16.4. The Hall–Kier alpha value is -3.01. The predicted octanol–water partition coefficient (Wildman–Crippen LogP) is 1.71. The monoisotopic (exact) mass is 393 g/mol. The molecule has 0 fully saturated rings. The van der Waals surface area contributed by atoms with Gasteiger partial charge in [0, 0.05) is 36.6 Å². The normalized spacial score (nSPS) is 10.2. The molecule has 0 saturated carbocycles. The van der Waals surface area contributed by atoms with Gasteiger partial charge in [-0.15, -0.1) is 17.0 Å². The SMILES string of the molecule is Br.O=c1[nH]c2cc([N+](=O)[O-])cc(CNc3cccnc3)c2[nH]c1=O. The molecule has 9 nitrogen and oxygen atoms in total. The van der Waals surface area contributed by atoms with E-state index in [-0.39, 0.29) is 34.7 Å². The molecule has 0 radical (unpaired) electrons. The van der Waals surface area contributed by atoms with Crippen LogP contribution in [-0.2, 0) is 6.54 Å². The smallest absolute Gasteiger partial charge is 0.314 e. The number of hydrogen-bond donors (Lipinski definition) is 3. The molecule has 3 aromatic rings. The van der Waals surface area contributed by atoms with Gasteiger partial charge < -0.3 is 15.3 Å². The van der Waals surface area contributed by atoms with Crippen LogP contribution in [0.15, 0.2) is 46.2 Å². The third-order valence-corrected chi connectivity index (χ3v) is 3.25. The fourth-order valence-corrected chi connectivity index (χ4v) is 2.19. The van der Waals surface area contributed by atoms with Gasteiger partial charge in [0.25, 0.3) is 5.69 Å². The molecule has 3 rings (SSSR count). The van der Waals surface area contributed by atoms with Crippen molar-refractivity contribution in [3.05, 3.63) is 73.0 Å². The molecule has 0 aliphatic rings. The van der Waals surface area contributed by atoms with Gasteiger partial charge in [-0.1, -0.05) is 0 Å². The largest absolute Gasteiger partial charge is 0.380 e. The summed E-state index contributed by atoms with van der Waals surface area (Å²) >= 11 is 0. The van der Waals surface area contributed by atoms with E-state index in [9.17, 15) is 19.7 Å². The van der Waals surface area contributed by atoms with Crippen LogP contribution in [0.25, 0.3) is 11.0 Å². The molecular weight excluding hydrogens is 382 g/mol. The lowest BCUT2D eigenvalue weighted by Crippen LogP contribution is -2.29. The number of nitro groups is 1. The molecule has 24 heavy (non-hydrogen) atoms. The molecule has 10 heteroatoms. The highest BCUT2D eigenvalue weighted by molar-refractivity contribution is 8.93. The van der Waals surface area contributed by atoms with Gasteiger partial charge in [0.2, 0.25) is 0 Å². The maximum Gasteiger partial charge on any atom is 0.314 e. The molecule has 0 saturated heterocycles. The van der Waals surface area contributed by atoms with Crippen molar-refractivity contribution in [1.29, 1.82) is 0 Å². The molecule has 0 aliphatic heterocycles. The molecule has 2 aromatic heterocycles. The fourth-order valence-electron chi connectivity index (χ4n) is 2.19. The number of nitro benzene ring substituents is 1. The first kappa shape index (κ1) is 17.3. The van der Waals surface area contributed by atoms with Gasteiger partial charge in [-0.3, -0.25) is 24.7 Å². The molecule has 124 valence electrons. The second kappa shape index (κ2) is 7.04. The van der Waals surface area contributed by atoms with E-state index in [2.05, 4.69) is 20.3 Å². The van der Waals surface area contributed by atoms with Crippen LogP contribution in [0.3, 0.4) is 0 Å². The van der Waals surface area contributed by atoms with Crippen LogP contribution in [0.5, 0.6) is 0 Å². The summed E-state index contributed by atoms with van der Waals surface area (Å²) in [6.45, 7) is 0.214. The minimum Gasteiger partial charge on any atom is -0.380 e. The molecule has 1 aromatic carbocycles. The van der Waals surface area contributed by atoms with E-state index >= 15 is 0 Å². The molecule has 0 unspecified atom stereocenters. The maximum atomic E-state index is 11.5. The molecule has 0 amide bonds. The van der Waals surface area contributed by atoms with Gasteiger partial charge in [0.15, 0.2) is 0 Å². The summed E-state index contributed by atoms with van der Waals surface area (Å²) in [5.41, 5.74) is -0.102. The Balaban J connectivity index is 0.00000208. The minimum absolute atomic E-state index is 0. The minimum atomic E-state index is -0.857. The third-order valence-electron chi connectivity index (χ3n) is 3.25. The Morgan fingerprint density at radius 3 is 2.62 bits per heavy atom. The number of aromatic nitrogens is 3. The van der Waals surface area contributed by atoms with Crippen molar-refractivity contribution >= 4 is 39.4 Å². The summed E-state index contributed by atoms with van der Waals surface area (Å²) in [6, 6.07) is 6.09. The first-order valence-electron chi connectivity index (χ1n) is 6.62. The maximum absolute atomic E-state index is 11.5. The third kappa shape index (κ3) is 3.49. The zero-order valence-electron chi connectivity index (χ0n) is 12.1. The van der Waals surface area contributed by atoms with Gasteiger partial charge in [0.1, 0.15) is 0 Å². The van der Waals surface area contributed by atoms with E-state index in [4.69, 9.17) is 0 Å². The van der Waals surface area contributed by atoms with Gasteiger partial charge in [-0.2, -0.15) is 0 Å². The Morgan fingerprint density at radius 2 is 1.96 bits per heavy atom. The molecule has 0 aliphatic carbocycles. The fraction of sp³-hybridized carbons (Fsp3) is 0.0714. The number of pyridine rings is 1. The zero-order valence-corrected chi connectivity index (χ0v) is 13.8. The number of H-pyrrole nitrogens is 2. The van der Waals surface area contributed by atoms with Crippen LogP contribution in [0.2, 0.25) is 0 Å². The second-order valence-electron chi connectivity index (χ2n) is 4.79. The lowest BCUT2D eigenvalue weighted by Gasteiger charge is -2.09. The number of fused-ring (bicyclic) bond motifs is 1. The summed E-state index contributed by atoms with van der Waals surface area (Å²) in [7, 11) is 0. The Kier molecular flexibility index (Phi) is 5.09.